The number of hydrogen-bond donors (Lipinski definition) is 3. The Kier molecular flexibility index (Phi) is 8.19. The standard InChI is InChI=1S/C21H27N5O3S2/c1-21(2,3)16-11-24-18(29-16)13-30-19-12-25-20(31-19)26-17(28)8-14-4-5-15(23-9-14)10-22-6-7-27/h4-5,9,11-12,22,27H,6-8,10,13H2,1-3H3,(H,25,26,28). The predicted molar refractivity (Wildman–Crippen MR) is 122 cm³/mol. The molecule has 0 fully saturated rings. The zero-order chi connectivity index (χ0) is 22.3. The van der Waals surface area contributed by atoms with E-state index in [0.29, 0.717) is 29.9 Å². The molecule has 8 nitrogen and oxygen atoms in total. The maximum Gasteiger partial charge on any atom is 0.230 e. The molecule has 166 valence electrons. The third-order valence-corrected chi connectivity index (χ3v) is 6.30. The number of thioether (sulfide) groups is 1. The molecule has 3 heterocycles. The van der Waals surface area contributed by atoms with Crippen LogP contribution in [0.5, 0.6) is 0 Å². The van der Waals surface area contributed by atoms with Crippen molar-refractivity contribution in [3.05, 3.63) is 53.6 Å². The van der Waals surface area contributed by atoms with E-state index in [1.165, 1.54) is 11.3 Å². The molecule has 0 saturated carbocycles. The second kappa shape index (κ2) is 10.9. The number of aromatic nitrogens is 3. The Labute approximate surface area is 189 Å². The third kappa shape index (κ3) is 7.42. The van der Waals surface area contributed by atoms with E-state index in [1.54, 1.807) is 30.4 Å². The Morgan fingerprint density at radius 2 is 2.03 bits per heavy atom. The highest BCUT2D eigenvalue weighted by Crippen LogP contribution is 2.31. The van der Waals surface area contributed by atoms with Gasteiger partial charge in [-0.15, -0.1) is 11.8 Å². The number of nitrogens with one attached hydrogen (secondary N) is 2. The molecule has 0 unspecified atom stereocenters. The van der Waals surface area contributed by atoms with Crippen molar-refractivity contribution in [2.45, 2.75) is 49.1 Å². The second-order valence-electron chi connectivity index (χ2n) is 7.92. The van der Waals surface area contributed by atoms with Gasteiger partial charge in [-0.25, -0.2) is 9.97 Å². The number of aliphatic hydroxyl groups is 1. The number of nitrogens with zero attached hydrogens (tertiary/aromatic N) is 3. The molecule has 0 bridgehead atoms. The summed E-state index contributed by atoms with van der Waals surface area (Å²) in [6, 6.07) is 3.76. The van der Waals surface area contributed by atoms with Gasteiger partial charge in [0.1, 0.15) is 5.76 Å². The molecule has 31 heavy (non-hydrogen) atoms. The van der Waals surface area contributed by atoms with Crippen molar-refractivity contribution in [1.29, 1.82) is 0 Å². The van der Waals surface area contributed by atoms with Gasteiger partial charge in [0.25, 0.3) is 0 Å². The van der Waals surface area contributed by atoms with Crippen molar-refractivity contribution in [1.82, 2.24) is 20.3 Å². The quantitative estimate of drug-likeness (QED) is 0.311. The number of carbonyl (C=O) groups is 1. The molecule has 1 amide bonds. The molecular weight excluding hydrogens is 434 g/mol. The van der Waals surface area contributed by atoms with Crippen molar-refractivity contribution in [3.63, 3.8) is 0 Å². The van der Waals surface area contributed by atoms with Gasteiger partial charge in [0.15, 0.2) is 5.13 Å². The fourth-order valence-electron chi connectivity index (χ4n) is 2.55. The van der Waals surface area contributed by atoms with Crippen LogP contribution in [-0.2, 0) is 28.9 Å². The molecule has 0 saturated heterocycles. The number of hydrogen-bond acceptors (Lipinski definition) is 9. The van der Waals surface area contributed by atoms with E-state index in [1.807, 2.05) is 12.1 Å². The van der Waals surface area contributed by atoms with Crippen LogP contribution in [0.15, 0.2) is 39.3 Å². The van der Waals surface area contributed by atoms with E-state index in [-0.39, 0.29) is 24.3 Å². The normalized spacial score (nSPS) is 11.6. The number of pyridine rings is 1. The smallest absolute Gasteiger partial charge is 0.230 e. The summed E-state index contributed by atoms with van der Waals surface area (Å²) in [6.07, 6.45) is 5.45. The van der Waals surface area contributed by atoms with Crippen LogP contribution in [0.3, 0.4) is 0 Å². The topological polar surface area (TPSA) is 113 Å². The van der Waals surface area contributed by atoms with Crippen LogP contribution in [0.2, 0.25) is 0 Å². The lowest BCUT2D eigenvalue weighted by atomic mass is 9.94. The molecule has 3 N–H and O–H groups in total. The Bertz CT molecular complexity index is 980. The lowest BCUT2D eigenvalue weighted by Gasteiger charge is -2.12. The van der Waals surface area contributed by atoms with E-state index in [4.69, 9.17) is 9.52 Å². The number of carbonyl (C=O) groups excluding carboxylic acids is 1. The molecule has 0 atom stereocenters. The maximum absolute atomic E-state index is 12.3. The first-order valence-electron chi connectivity index (χ1n) is 9.92. The van der Waals surface area contributed by atoms with Gasteiger partial charge in [0.2, 0.25) is 11.8 Å². The van der Waals surface area contributed by atoms with Gasteiger partial charge in [-0.1, -0.05) is 38.2 Å². The minimum atomic E-state index is -0.138. The molecule has 0 spiro atoms. The fraction of sp³-hybridized carbons (Fsp3) is 0.429. The molecular formula is C21H27N5O3S2. The zero-order valence-corrected chi connectivity index (χ0v) is 19.5. The zero-order valence-electron chi connectivity index (χ0n) is 17.8. The number of amides is 1. The van der Waals surface area contributed by atoms with Gasteiger partial charge in [0, 0.05) is 24.7 Å². The number of oxazole rings is 1. The highest BCUT2D eigenvalue weighted by atomic mass is 32.2. The summed E-state index contributed by atoms with van der Waals surface area (Å²) >= 11 is 3.00. The molecule has 3 rings (SSSR count). The Morgan fingerprint density at radius 1 is 1.19 bits per heavy atom. The van der Waals surface area contributed by atoms with Gasteiger partial charge in [-0.3, -0.25) is 9.78 Å². The van der Waals surface area contributed by atoms with Gasteiger partial charge in [0.05, 0.1) is 41.1 Å². The van der Waals surface area contributed by atoms with Crippen LogP contribution < -0.4 is 10.6 Å². The molecule has 10 heteroatoms. The minimum Gasteiger partial charge on any atom is -0.444 e. The SMILES string of the molecule is CC(C)(C)c1cnc(CSc2cnc(NC(=O)Cc3ccc(CNCCO)nc3)s2)o1. The maximum atomic E-state index is 12.3. The first-order chi connectivity index (χ1) is 14.8. The average molecular weight is 462 g/mol. The predicted octanol–water partition coefficient (Wildman–Crippen LogP) is 3.38. The number of thiazole rings is 1. The molecule has 0 aliphatic rings. The highest BCUT2D eigenvalue weighted by molar-refractivity contribution is 8.00. The summed E-state index contributed by atoms with van der Waals surface area (Å²) in [5.74, 6) is 2.01. The highest BCUT2D eigenvalue weighted by Gasteiger charge is 2.19. The monoisotopic (exact) mass is 461 g/mol. The van der Waals surface area contributed by atoms with Gasteiger partial charge >= 0.3 is 0 Å². The molecule has 0 aliphatic carbocycles. The third-order valence-electron chi connectivity index (χ3n) is 4.21. The minimum absolute atomic E-state index is 0.0650. The van der Waals surface area contributed by atoms with Crippen LogP contribution >= 0.6 is 23.1 Å². The van der Waals surface area contributed by atoms with Gasteiger partial charge in [-0.05, 0) is 11.6 Å². The summed E-state index contributed by atoms with van der Waals surface area (Å²) in [5.41, 5.74) is 1.62. The summed E-state index contributed by atoms with van der Waals surface area (Å²) < 4.78 is 6.78. The van der Waals surface area contributed by atoms with Crippen LogP contribution in [0.1, 0.15) is 43.7 Å². The lowest BCUT2D eigenvalue weighted by Crippen LogP contribution is -2.18. The molecule has 3 aromatic rings. The average Bonchev–Trinajstić information content (AvgIpc) is 3.37. The first-order valence-corrected chi connectivity index (χ1v) is 11.7. The molecule has 0 radical (unpaired) electrons. The first kappa shape index (κ1) is 23.4. The van der Waals surface area contributed by atoms with Crippen LogP contribution in [-0.4, -0.2) is 39.1 Å². The Morgan fingerprint density at radius 3 is 2.71 bits per heavy atom. The van der Waals surface area contributed by atoms with E-state index < -0.39 is 0 Å². The van der Waals surface area contributed by atoms with Crippen molar-refractivity contribution in [3.8, 4) is 0 Å². The second-order valence-corrected chi connectivity index (χ2v) is 10.2. The Hall–Kier alpha value is -2.27. The molecule has 0 aromatic carbocycles. The lowest BCUT2D eigenvalue weighted by molar-refractivity contribution is -0.115. The van der Waals surface area contributed by atoms with Crippen molar-refractivity contribution >= 4 is 34.1 Å². The van der Waals surface area contributed by atoms with Gasteiger partial charge in [-0.2, -0.15) is 0 Å². The summed E-state index contributed by atoms with van der Waals surface area (Å²) in [7, 11) is 0. The van der Waals surface area contributed by atoms with E-state index in [9.17, 15) is 4.79 Å². The fourth-order valence-corrected chi connectivity index (χ4v) is 4.29. The van der Waals surface area contributed by atoms with Crippen LogP contribution in [0.25, 0.3) is 0 Å². The van der Waals surface area contributed by atoms with E-state index in [2.05, 4.69) is 46.4 Å². The van der Waals surface area contributed by atoms with E-state index >= 15 is 0 Å². The van der Waals surface area contributed by atoms with Crippen molar-refractivity contribution < 1.29 is 14.3 Å². The summed E-state index contributed by atoms with van der Waals surface area (Å²) in [5, 5.41) is 15.2. The van der Waals surface area contributed by atoms with Gasteiger partial charge < -0.3 is 20.2 Å². The Balaban J connectivity index is 1.45. The van der Waals surface area contributed by atoms with Crippen molar-refractivity contribution in [2.75, 3.05) is 18.5 Å². The number of aliphatic hydroxyl groups excluding tert-OH is 1. The molecule has 0 aliphatic heterocycles. The number of anilines is 1. The van der Waals surface area contributed by atoms with Crippen LogP contribution in [0.4, 0.5) is 5.13 Å². The number of rotatable bonds is 10. The van der Waals surface area contributed by atoms with Crippen molar-refractivity contribution in [2.24, 2.45) is 0 Å². The largest absolute Gasteiger partial charge is 0.444 e. The van der Waals surface area contributed by atoms with Crippen LogP contribution in [0, 0.1) is 0 Å². The van der Waals surface area contributed by atoms with E-state index in [0.717, 1.165) is 21.2 Å². The summed E-state index contributed by atoms with van der Waals surface area (Å²) in [4.78, 5) is 25.3. The summed E-state index contributed by atoms with van der Waals surface area (Å²) in [6.45, 7) is 7.46. The molecule has 3 aromatic heterocycles.